The molecule has 3 N–H and O–H groups in total. The van der Waals surface area contributed by atoms with Crippen LogP contribution in [0.1, 0.15) is 110 Å². The summed E-state index contributed by atoms with van der Waals surface area (Å²) in [6.07, 6.45) is 8.20. The Morgan fingerprint density at radius 2 is 1.50 bits per heavy atom. The highest BCUT2D eigenvalue weighted by molar-refractivity contribution is 5.90. The summed E-state index contributed by atoms with van der Waals surface area (Å²) in [5, 5.41) is 3.19. The van der Waals surface area contributed by atoms with Crippen LogP contribution in [0.15, 0.2) is 65.6 Å². The minimum Gasteiger partial charge on any atom is -0.453 e. The van der Waals surface area contributed by atoms with E-state index in [4.69, 9.17) is 24.2 Å². The Hall–Kier alpha value is -6.18. The van der Waals surface area contributed by atoms with Gasteiger partial charge in [0.25, 0.3) is 11.3 Å². The van der Waals surface area contributed by atoms with Crippen LogP contribution in [0.5, 0.6) is 11.5 Å². The summed E-state index contributed by atoms with van der Waals surface area (Å²) in [4.78, 5) is 73.3. The fraction of sp³-hybridized carbons (Fsp3) is 0.480. The molecule has 5 heterocycles. The predicted octanol–water partition coefficient (Wildman–Crippen LogP) is 8.69. The van der Waals surface area contributed by atoms with Gasteiger partial charge in [-0.3, -0.25) is 14.4 Å². The Morgan fingerprint density at radius 3 is 2.19 bits per heavy atom. The number of imidazole rings is 1. The SMILES string of the molecule is COC(=O)NC(C(=O)N1CCCC1c1ncc(-c2ccc(-c3ccc(-c4ccc5nc(C6CC7CC7N6C(=O)C(C)C(C)C)[nH]c(=O)c5c4)c4c3OC3(CCCC3)O4)cc2)[nH]1)C(C)C. The molecule has 4 fully saturated rings. The van der Waals surface area contributed by atoms with E-state index in [-0.39, 0.29) is 53.3 Å². The molecule has 3 amide bonds. The van der Waals surface area contributed by atoms with Gasteiger partial charge in [-0.2, -0.15) is 0 Å². The first-order chi connectivity index (χ1) is 30.8. The van der Waals surface area contributed by atoms with Crippen LogP contribution < -0.4 is 20.3 Å². The maximum Gasteiger partial charge on any atom is 0.407 e. The van der Waals surface area contributed by atoms with Crippen LogP contribution >= 0.6 is 0 Å². The standard InChI is InChI=1S/C50H57N7O7/c1-26(2)28(5)47(59)57-39-23-32(39)24-40(57)45-52-36-18-15-31(22-35(36)46(58)55-45)34-17-16-33(42-43(34)64-50(63-42)19-7-8-20-50)29-11-13-30(14-12-29)37-25-51-44(53-37)38-10-9-21-56(38)48(60)41(27(3)4)54-49(61)62-6/h11-18,22,25-28,32,38-41H,7-10,19-21,23-24H2,1-6H3,(H,51,53)(H,54,61)(H,52,55,58). The van der Waals surface area contributed by atoms with Gasteiger partial charge in [-0.15, -0.1) is 0 Å². The van der Waals surface area contributed by atoms with Crippen molar-refractivity contribution < 1.29 is 28.6 Å². The van der Waals surface area contributed by atoms with Crippen molar-refractivity contribution in [1.29, 1.82) is 0 Å². The van der Waals surface area contributed by atoms with Crippen molar-refractivity contribution in [1.82, 2.24) is 35.1 Å². The third-order valence-corrected chi connectivity index (χ3v) is 14.5. The molecule has 2 aliphatic carbocycles. The molecule has 2 saturated carbocycles. The molecule has 64 heavy (non-hydrogen) atoms. The summed E-state index contributed by atoms with van der Waals surface area (Å²) >= 11 is 0. The number of carbonyl (C=O) groups excluding carboxylic acids is 3. The Labute approximate surface area is 372 Å². The lowest BCUT2D eigenvalue weighted by Crippen LogP contribution is -2.51. The van der Waals surface area contributed by atoms with Crippen molar-refractivity contribution in [3.63, 3.8) is 0 Å². The minimum atomic E-state index is -0.733. The zero-order valence-electron chi connectivity index (χ0n) is 37.4. The van der Waals surface area contributed by atoms with Gasteiger partial charge < -0.3 is 39.3 Å². The highest BCUT2D eigenvalue weighted by atomic mass is 16.7. The Bertz CT molecular complexity index is 2700. The molecular formula is C50H57N7O7. The summed E-state index contributed by atoms with van der Waals surface area (Å²) in [6, 6.07) is 17.2. The van der Waals surface area contributed by atoms with Crippen LogP contribution in [0.25, 0.3) is 44.4 Å². The molecule has 0 radical (unpaired) electrons. The lowest BCUT2D eigenvalue weighted by molar-refractivity contribution is -0.138. The van der Waals surface area contributed by atoms with E-state index in [1.54, 1.807) is 6.20 Å². The largest absolute Gasteiger partial charge is 0.453 e. The molecule has 3 aliphatic heterocycles. The molecule has 0 bridgehead atoms. The van der Waals surface area contributed by atoms with Gasteiger partial charge in [0.2, 0.25) is 11.8 Å². The number of aromatic nitrogens is 4. The number of rotatable bonds is 10. The van der Waals surface area contributed by atoms with E-state index in [0.29, 0.717) is 46.5 Å². The smallest absolute Gasteiger partial charge is 0.407 e. The summed E-state index contributed by atoms with van der Waals surface area (Å²) in [6.45, 7) is 10.5. The van der Waals surface area contributed by atoms with Crippen molar-refractivity contribution in [3.05, 3.63) is 82.8 Å². The second-order valence-corrected chi connectivity index (χ2v) is 19.2. The van der Waals surface area contributed by atoms with Gasteiger partial charge in [-0.05, 0) is 97.2 Å². The molecule has 334 valence electrons. The first kappa shape index (κ1) is 41.8. The van der Waals surface area contributed by atoms with E-state index >= 15 is 0 Å². The first-order valence-electron chi connectivity index (χ1n) is 23.0. The van der Waals surface area contributed by atoms with Crippen LogP contribution in [-0.2, 0) is 14.3 Å². The number of alkyl carbamates (subject to hydrolysis) is 1. The first-order valence-corrected chi connectivity index (χ1v) is 23.0. The van der Waals surface area contributed by atoms with Crippen LogP contribution in [0.2, 0.25) is 0 Å². The number of nitrogens with one attached hydrogen (secondary N) is 3. The molecule has 14 nitrogen and oxygen atoms in total. The van der Waals surface area contributed by atoms with Crippen molar-refractivity contribution in [2.24, 2.45) is 23.7 Å². The Morgan fingerprint density at radius 1 is 0.812 bits per heavy atom. The fourth-order valence-corrected chi connectivity index (χ4v) is 10.4. The second-order valence-electron chi connectivity index (χ2n) is 19.2. The van der Waals surface area contributed by atoms with Gasteiger partial charge in [-0.1, -0.05) is 65.0 Å². The van der Waals surface area contributed by atoms with E-state index in [1.807, 2.05) is 67.0 Å². The van der Waals surface area contributed by atoms with Crippen molar-refractivity contribution in [2.45, 2.75) is 116 Å². The number of likely N-dealkylation sites (tertiary alicyclic amines) is 2. The molecule has 5 aromatic rings. The topological polar surface area (TPSA) is 172 Å². The Balaban J connectivity index is 0.917. The molecule has 5 aliphatic rings. The summed E-state index contributed by atoms with van der Waals surface area (Å²) in [7, 11) is 1.29. The lowest BCUT2D eigenvalue weighted by Gasteiger charge is -2.30. The van der Waals surface area contributed by atoms with Gasteiger partial charge in [0.15, 0.2) is 11.5 Å². The zero-order chi connectivity index (χ0) is 44.6. The number of amides is 3. The third-order valence-electron chi connectivity index (χ3n) is 14.5. The fourth-order valence-electron chi connectivity index (χ4n) is 10.4. The number of H-pyrrole nitrogens is 2. The van der Waals surface area contributed by atoms with Crippen LogP contribution in [0.3, 0.4) is 0 Å². The number of ether oxygens (including phenoxy) is 3. The highest BCUT2D eigenvalue weighted by Crippen LogP contribution is 2.56. The number of methoxy groups -OCH3 is 1. The number of benzene rings is 3. The average molecular weight is 868 g/mol. The van der Waals surface area contributed by atoms with E-state index in [1.165, 1.54) is 7.11 Å². The van der Waals surface area contributed by atoms with Gasteiger partial charge in [0.1, 0.15) is 17.7 Å². The maximum absolute atomic E-state index is 13.9. The lowest BCUT2D eigenvalue weighted by atomic mass is 9.95. The van der Waals surface area contributed by atoms with Crippen molar-refractivity contribution in [2.75, 3.05) is 13.7 Å². The predicted molar refractivity (Wildman–Crippen MR) is 241 cm³/mol. The summed E-state index contributed by atoms with van der Waals surface area (Å²) in [5.74, 6) is 2.34. The molecule has 6 unspecified atom stereocenters. The quantitative estimate of drug-likeness (QED) is 0.124. The van der Waals surface area contributed by atoms with Crippen LogP contribution in [0.4, 0.5) is 4.79 Å². The minimum absolute atomic E-state index is 0.104. The summed E-state index contributed by atoms with van der Waals surface area (Å²) < 4.78 is 18.4. The average Bonchev–Trinajstić information content (AvgIpc) is 3.94. The van der Waals surface area contributed by atoms with E-state index in [2.05, 4.69) is 47.3 Å². The van der Waals surface area contributed by atoms with Gasteiger partial charge in [0, 0.05) is 42.5 Å². The van der Waals surface area contributed by atoms with Crippen molar-refractivity contribution in [3.8, 4) is 45.0 Å². The number of piperidine rings is 1. The van der Waals surface area contributed by atoms with Gasteiger partial charge in [-0.25, -0.2) is 14.8 Å². The van der Waals surface area contributed by atoms with Crippen molar-refractivity contribution >= 4 is 28.8 Å². The molecule has 14 heteroatoms. The van der Waals surface area contributed by atoms with Gasteiger partial charge >= 0.3 is 6.09 Å². The normalized spacial score (nSPS) is 22.7. The highest BCUT2D eigenvalue weighted by Gasteiger charge is 2.56. The molecular weight excluding hydrogens is 811 g/mol. The molecule has 6 atom stereocenters. The van der Waals surface area contributed by atoms with E-state index in [0.717, 1.165) is 84.9 Å². The summed E-state index contributed by atoms with van der Waals surface area (Å²) in [5.41, 5.74) is 5.67. The number of nitrogens with zero attached hydrogens (tertiary/aromatic N) is 4. The molecule has 3 aromatic carbocycles. The molecule has 10 rings (SSSR count). The van der Waals surface area contributed by atoms with E-state index < -0.39 is 17.9 Å². The number of aromatic amines is 2. The van der Waals surface area contributed by atoms with Crippen LogP contribution in [0, 0.1) is 23.7 Å². The number of hydrogen-bond donors (Lipinski definition) is 3. The monoisotopic (exact) mass is 867 g/mol. The van der Waals surface area contributed by atoms with Crippen LogP contribution in [-0.4, -0.2) is 79.2 Å². The molecule has 1 spiro atoms. The second kappa shape index (κ2) is 16.1. The number of fused-ring (bicyclic) bond motifs is 3. The van der Waals surface area contributed by atoms with Gasteiger partial charge in [0.05, 0.1) is 42.0 Å². The molecule has 2 saturated heterocycles. The third kappa shape index (κ3) is 7.28. The van der Waals surface area contributed by atoms with E-state index in [9.17, 15) is 19.2 Å². The molecule has 2 aromatic heterocycles. The maximum atomic E-state index is 13.9. The number of hydrogen-bond acceptors (Lipinski definition) is 9. The Kier molecular flexibility index (Phi) is 10.5. The number of carbonyl (C=O) groups is 3. The zero-order valence-corrected chi connectivity index (χ0v) is 37.4.